The Balaban J connectivity index is 1.46. The van der Waals surface area contributed by atoms with E-state index in [1.165, 1.54) is 43.9 Å². The van der Waals surface area contributed by atoms with Crippen LogP contribution in [0.5, 0.6) is 0 Å². The molecule has 6 nitrogen and oxygen atoms in total. The van der Waals surface area contributed by atoms with Crippen LogP contribution in [0.3, 0.4) is 0 Å². The van der Waals surface area contributed by atoms with Crippen LogP contribution in [0, 0.1) is 5.92 Å². The standard InChI is InChI=1S/C16H27N5OS/c1-12-7-9-13(10-8-12)17-15(22)11-23-16-18-19-20-21(16)14-5-3-2-4-6-14/h12-14H,2-11H2,1H3,(H,17,22). The Labute approximate surface area is 142 Å². The molecular weight excluding hydrogens is 310 g/mol. The second-order valence-electron chi connectivity index (χ2n) is 7.01. The summed E-state index contributed by atoms with van der Waals surface area (Å²) >= 11 is 1.46. The smallest absolute Gasteiger partial charge is 0.230 e. The number of carbonyl (C=O) groups is 1. The van der Waals surface area contributed by atoms with Crippen LogP contribution in [-0.4, -0.2) is 37.9 Å². The monoisotopic (exact) mass is 337 g/mol. The molecule has 0 atom stereocenters. The maximum Gasteiger partial charge on any atom is 0.230 e. The van der Waals surface area contributed by atoms with Crippen molar-refractivity contribution in [3.63, 3.8) is 0 Å². The fourth-order valence-electron chi connectivity index (χ4n) is 3.64. The second-order valence-corrected chi connectivity index (χ2v) is 7.95. The summed E-state index contributed by atoms with van der Waals surface area (Å²) in [4.78, 5) is 12.2. The zero-order valence-corrected chi connectivity index (χ0v) is 14.7. The lowest BCUT2D eigenvalue weighted by molar-refractivity contribution is -0.119. The molecule has 1 aromatic heterocycles. The molecule has 2 fully saturated rings. The number of amides is 1. The van der Waals surface area contributed by atoms with Crippen molar-refractivity contribution >= 4 is 17.7 Å². The number of nitrogens with one attached hydrogen (secondary N) is 1. The Hall–Kier alpha value is -1.11. The Morgan fingerprint density at radius 2 is 1.91 bits per heavy atom. The molecule has 0 unspecified atom stereocenters. The first-order valence-electron chi connectivity index (χ1n) is 8.92. The van der Waals surface area contributed by atoms with E-state index in [4.69, 9.17) is 0 Å². The average molecular weight is 337 g/mol. The van der Waals surface area contributed by atoms with E-state index in [2.05, 4.69) is 27.8 Å². The molecule has 23 heavy (non-hydrogen) atoms. The summed E-state index contributed by atoms with van der Waals surface area (Å²) in [5.41, 5.74) is 0. The summed E-state index contributed by atoms with van der Waals surface area (Å²) in [6.07, 6.45) is 10.7. The Bertz CT molecular complexity index is 506. The molecule has 7 heteroatoms. The van der Waals surface area contributed by atoms with Gasteiger partial charge < -0.3 is 5.32 Å². The van der Waals surface area contributed by atoms with E-state index >= 15 is 0 Å². The van der Waals surface area contributed by atoms with Gasteiger partial charge in [0.1, 0.15) is 0 Å². The minimum absolute atomic E-state index is 0.104. The van der Waals surface area contributed by atoms with Gasteiger partial charge in [0, 0.05) is 6.04 Å². The minimum Gasteiger partial charge on any atom is -0.353 e. The van der Waals surface area contributed by atoms with Gasteiger partial charge in [-0.3, -0.25) is 4.79 Å². The third-order valence-electron chi connectivity index (χ3n) is 5.10. The lowest BCUT2D eigenvalue weighted by Crippen LogP contribution is -2.38. The molecule has 0 spiro atoms. The molecule has 1 heterocycles. The second kappa shape index (κ2) is 8.13. The number of carbonyl (C=O) groups excluding carboxylic acids is 1. The van der Waals surface area contributed by atoms with Crippen LogP contribution >= 0.6 is 11.8 Å². The highest BCUT2D eigenvalue weighted by Crippen LogP contribution is 2.30. The van der Waals surface area contributed by atoms with Crippen molar-refractivity contribution in [1.82, 2.24) is 25.5 Å². The quantitative estimate of drug-likeness (QED) is 0.836. The van der Waals surface area contributed by atoms with Crippen molar-refractivity contribution in [3.05, 3.63) is 0 Å². The normalized spacial score (nSPS) is 26.1. The molecule has 1 aromatic rings. The van der Waals surface area contributed by atoms with Crippen LogP contribution in [0.4, 0.5) is 0 Å². The third kappa shape index (κ3) is 4.68. The maximum atomic E-state index is 12.2. The first-order chi connectivity index (χ1) is 11.2. The van der Waals surface area contributed by atoms with Gasteiger partial charge in [0.05, 0.1) is 11.8 Å². The Morgan fingerprint density at radius 3 is 2.65 bits per heavy atom. The van der Waals surface area contributed by atoms with Gasteiger partial charge in [0.15, 0.2) is 0 Å². The fourth-order valence-corrected chi connectivity index (χ4v) is 4.39. The molecule has 0 saturated heterocycles. The number of aromatic nitrogens is 4. The van der Waals surface area contributed by atoms with Gasteiger partial charge in [-0.05, 0) is 54.9 Å². The SMILES string of the molecule is CC1CCC(NC(=O)CSc2nnnn2C2CCCCC2)CC1. The van der Waals surface area contributed by atoms with E-state index in [0.717, 1.165) is 36.8 Å². The molecular formula is C16H27N5OS. The van der Waals surface area contributed by atoms with Crippen molar-refractivity contribution in [2.45, 2.75) is 82.0 Å². The van der Waals surface area contributed by atoms with Crippen LogP contribution < -0.4 is 5.32 Å². The topological polar surface area (TPSA) is 72.7 Å². The van der Waals surface area contributed by atoms with Crippen LogP contribution in [0.1, 0.15) is 70.8 Å². The zero-order chi connectivity index (χ0) is 16.1. The lowest BCUT2D eigenvalue weighted by atomic mass is 9.87. The van der Waals surface area contributed by atoms with Crippen LogP contribution in [0.2, 0.25) is 0 Å². The molecule has 2 saturated carbocycles. The van der Waals surface area contributed by atoms with Crippen molar-refractivity contribution < 1.29 is 4.79 Å². The van der Waals surface area contributed by atoms with Gasteiger partial charge in [-0.1, -0.05) is 37.9 Å². The summed E-state index contributed by atoms with van der Waals surface area (Å²) in [5.74, 6) is 1.31. The summed E-state index contributed by atoms with van der Waals surface area (Å²) in [6.45, 7) is 2.29. The zero-order valence-electron chi connectivity index (χ0n) is 13.9. The van der Waals surface area contributed by atoms with E-state index in [0.29, 0.717) is 17.8 Å². The van der Waals surface area contributed by atoms with Crippen molar-refractivity contribution in [2.75, 3.05) is 5.75 Å². The van der Waals surface area contributed by atoms with Crippen LogP contribution in [0.25, 0.3) is 0 Å². The van der Waals surface area contributed by atoms with Crippen molar-refractivity contribution in [3.8, 4) is 0 Å². The van der Waals surface area contributed by atoms with E-state index in [1.807, 2.05) is 4.68 Å². The van der Waals surface area contributed by atoms with Gasteiger partial charge in [-0.2, -0.15) is 0 Å². The molecule has 3 rings (SSSR count). The highest BCUT2D eigenvalue weighted by atomic mass is 32.2. The predicted octanol–water partition coefficient (Wildman–Crippen LogP) is 2.97. The van der Waals surface area contributed by atoms with Crippen LogP contribution in [-0.2, 0) is 4.79 Å². The highest BCUT2D eigenvalue weighted by molar-refractivity contribution is 7.99. The molecule has 1 amide bonds. The number of thioether (sulfide) groups is 1. The van der Waals surface area contributed by atoms with Crippen LogP contribution in [0.15, 0.2) is 5.16 Å². The Morgan fingerprint density at radius 1 is 1.17 bits per heavy atom. The van der Waals surface area contributed by atoms with Crippen molar-refractivity contribution in [1.29, 1.82) is 0 Å². The largest absolute Gasteiger partial charge is 0.353 e. The molecule has 0 radical (unpaired) electrons. The van der Waals surface area contributed by atoms with E-state index in [-0.39, 0.29) is 5.91 Å². The molecule has 1 N–H and O–H groups in total. The fraction of sp³-hybridized carbons (Fsp3) is 0.875. The van der Waals surface area contributed by atoms with Gasteiger partial charge >= 0.3 is 0 Å². The number of rotatable bonds is 5. The summed E-state index contributed by atoms with van der Waals surface area (Å²) < 4.78 is 1.93. The molecule has 2 aliphatic carbocycles. The number of tetrazole rings is 1. The van der Waals surface area contributed by atoms with Gasteiger partial charge in [0.25, 0.3) is 0 Å². The first-order valence-corrected chi connectivity index (χ1v) is 9.91. The van der Waals surface area contributed by atoms with Crippen molar-refractivity contribution in [2.24, 2.45) is 5.92 Å². The molecule has 0 bridgehead atoms. The first kappa shape index (κ1) is 16.7. The molecule has 0 aliphatic heterocycles. The van der Waals surface area contributed by atoms with Gasteiger partial charge in [-0.15, -0.1) is 5.10 Å². The summed E-state index contributed by atoms with van der Waals surface area (Å²) in [6, 6.07) is 0.762. The number of hydrogen-bond donors (Lipinski definition) is 1. The Kier molecular flexibility index (Phi) is 5.91. The van der Waals surface area contributed by atoms with E-state index in [9.17, 15) is 4.79 Å². The van der Waals surface area contributed by atoms with E-state index < -0.39 is 0 Å². The number of nitrogens with zero attached hydrogens (tertiary/aromatic N) is 4. The highest BCUT2D eigenvalue weighted by Gasteiger charge is 2.22. The number of hydrogen-bond acceptors (Lipinski definition) is 5. The average Bonchev–Trinajstić information content (AvgIpc) is 3.04. The van der Waals surface area contributed by atoms with Gasteiger partial charge in [0.2, 0.25) is 11.1 Å². The lowest BCUT2D eigenvalue weighted by Gasteiger charge is -2.26. The van der Waals surface area contributed by atoms with E-state index in [1.54, 1.807) is 0 Å². The summed E-state index contributed by atoms with van der Waals surface area (Å²) in [5, 5.41) is 16.0. The molecule has 128 valence electrons. The third-order valence-corrected chi connectivity index (χ3v) is 6.03. The minimum atomic E-state index is 0.104. The summed E-state index contributed by atoms with van der Waals surface area (Å²) in [7, 11) is 0. The molecule has 0 aromatic carbocycles. The van der Waals surface area contributed by atoms with Gasteiger partial charge in [-0.25, -0.2) is 4.68 Å². The molecule has 2 aliphatic rings. The maximum absolute atomic E-state index is 12.2. The predicted molar refractivity (Wildman–Crippen MR) is 90.2 cm³/mol.